The molecule has 0 bridgehead atoms. The van der Waals surface area contributed by atoms with Crippen molar-refractivity contribution in [1.82, 2.24) is 15.5 Å². The standard InChI is InChI=1S/C20H34N4O2.HI/c1-5-21-20(22-12-13-24(2)17-8-6-7-9-17)23-15-16-10-11-18(25-3)19(14-16)26-4;/h10-11,14,17H,5-9,12-13,15H2,1-4H3,(H2,21,22,23);1H. The number of halogens is 1. The second kappa shape index (κ2) is 13.0. The molecule has 1 aliphatic carbocycles. The van der Waals surface area contributed by atoms with Gasteiger partial charge in [-0.3, -0.25) is 0 Å². The van der Waals surface area contributed by atoms with Gasteiger partial charge in [-0.1, -0.05) is 18.9 Å². The third-order valence-electron chi connectivity index (χ3n) is 4.92. The second-order valence-corrected chi connectivity index (χ2v) is 6.73. The Morgan fingerprint density at radius 2 is 1.85 bits per heavy atom. The molecule has 2 rings (SSSR count). The van der Waals surface area contributed by atoms with E-state index >= 15 is 0 Å². The van der Waals surface area contributed by atoms with Crippen LogP contribution in [0.15, 0.2) is 23.2 Å². The third-order valence-corrected chi connectivity index (χ3v) is 4.92. The maximum absolute atomic E-state index is 5.36. The van der Waals surface area contributed by atoms with E-state index in [0.29, 0.717) is 6.54 Å². The molecule has 0 unspecified atom stereocenters. The Balaban J connectivity index is 0.00000364. The van der Waals surface area contributed by atoms with Crippen molar-refractivity contribution in [3.8, 4) is 11.5 Å². The van der Waals surface area contributed by atoms with E-state index in [2.05, 4.69) is 34.5 Å². The molecule has 1 saturated carbocycles. The van der Waals surface area contributed by atoms with Crippen LogP contribution < -0.4 is 20.1 Å². The average Bonchev–Trinajstić information content (AvgIpc) is 3.20. The monoisotopic (exact) mass is 490 g/mol. The van der Waals surface area contributed by atoms with E-state index in [1.165, 1.54) is 25.7 Å². The molecule has 154 valence electrons. The summed E-state index contributed by atoms with van der Waals surface area (Å²) in [7, 11) is 5.52. The number of hydrogen-bond acceptors (Lipinski definition) is 4. The van der Waals surface area contributed by atoms with Crippen LogP contribution in [0.1, 0.15) is 38.2 Å². The number of ether oxygens (including phenoxy) is 2. The Morgan fingerprint density at radius 1 is 1.15 bits per heavy atom. The number of guanidine groups is 1. The Hall–Kier alpha value is -1.22. The number of likely N-dealkylation sites (N-methyl/N-ethyl adjacent to an activating group) is 1. The molecule has 2 N–H and O–H groups in total. The van der Waals surface area contributed by atoms with Crippen molar-refractivity contribution in [3.05, 3.63) is 23.8 Å². The van der Waals surface area contributed by atoms with Crippen molar-refractivity contribution in [2.75, 3.05) is 40.9 Å². The Labute approximate surface area is 181 Å². The fourth-order valence-corrected chi connectivity index (χ4v) is 3.37. The van der Waals surface area contributed by atoms with Crippen LogP contribution in [0.2, 0.25) is 0 Å². The van der Waals surface area contributed by atoms with Gasteiger partial charge in [0, 0.05) is 25.7 Å². The molecule has 1 aromatic carbocycles. The average molecular weight is 490 g/mol. The minimum Gasteiger partial charge on any atom is -0.493 e. The quantitative estimate of drug-likeness (QED) is 0.316. The molecule has 1 aromatic rings. The topological polar surface area (TPSA) is 58.1 Å². The van der Waals surface area contributed by atoms with Gasteiger partial charge in [0.2, 0.25) is 0 Å². The largest absolute Gasteiger partial charge is 0.493 e. The summed E-state index contributed by atoms with van der Waals surface area (Å²) in [5.41, 5.74) is 1.09. The smallest absolute Gasteiger partial charge is 0.191 e. The second-order valence-electron chi connectivity index (χ2n) is 6.73. The number of hydrogen-bond donors (Lipinski definition) is 2. The van der Waals surface area contributed by atoms with Gasteiger partial charge in [0.15, 0.2) is 17.5 Å². The zero-order valence-electron chi connectivity index (χ0n) is 17.1. The van der Waals surface area contributed by atoms with Gasteiger partial charge in [0.05, 0.1) is 20.8 Å². The Kier molecular flexibility index (Phi) is 11.5. The normalized spacial score (nSPS) is 14.8. The summed E-state index contributed by atoms with van der Waals surface area (Å²) in [5.74, 6) is 2.32. The van der Waals surface area contributed by atoms with Gasteiger partial charge >= 0.3 is 0 Å². The summed E-state index contributed by atoms with van der Waals surface area (Å²) in [6.07, 6.45) is 5.42. The molecule has 27 heavy (non-hydrogen) atoms. The van der Waals surface area contributed by atoms with Crippen LogP contribution in [0.25, 0.3) is 0 Å². The van der Waals surface area contributed by atoms with Gasteiger partial charge in [0.1, 0.15) is 0 Å². The van der Waals surface area contributed by atoms with Gasteiger partial charge in [-0.2, -0.15) is 0 Å². The molecular formula is C20H35IN4O2. The van der Waals surface area contributed by atoms with Crippen molar-refractivity contribution < 1.29 is 9.47 Å². The van der Waals surface area contributed by atoms with Crippen LogP contribution in [0.4, 0.5) is 0 Å². The van der Waals surface area contributed by atoms with E-state index in [1.54, 1.807) is 14.2 Å². The van der Waals surface area contributed by atoms with E-state index in [4.69, 9.17) is 9.47 Å². The summed E-state index contributed by atoms with van der Waals surface area (Å²) in [4.78, 5) is 7.16. The van der Waals surface area contributed by atoms with Crippen LogP contribution in [0.3, 0.4) is 0 Å². The number of nitrogens with zero attached hydrogens (tertiary/aromatic N) is 2. The van der Waals surface area contributed by atoms with E-state index in [0.717, 1.165) is 48.7 Å². The Morgan fingerprint density at radius 3 is 2.48 bits per heavy atom. The van der Waals surface area contributed by atoms with Gasteiger partial charge in [-0.25, -0.2) is 4.99 Å². The SMILES string of the molecule is CCNC(=NCc1ccc(OC)c(OC)c1)NCCN(C)C1CCCC1.I. The van der Waals surface area contributed by atoms with Crippen LogP contribution in [0, 0.1) is 0 Å². The summed E-state index contributed by atoms with van der Waals surface area (Å²) < 4.78 is 10.6. The van der Waals surface area contributed by atoms with Crippen molar-refractivity contribution in [2.45, 2.75) is 45.2 Å². The van der Waals surface area contributed by atoms with E-state index in [-0.39, 0.29) is 24.0 Å². The molecule has 0 aromatic heterocycles. The predicted octanol–water partition coefficient (Wildman–Crippen LogP) is 3.25. The first kappa shape index (κ1) is 23.8. The molecule has 1 fully saturated rings. The highest BCUT2D eigenvalue weighted by Gasteiger charge is 2.18. The highest BCUT2D eigenvalue weighted by molar-refractivity contribution is 14.0. The zero-order chi connectivity index (χ0) is 18.8. The van der Waals surface area contributed by atoms with Crippen LogP contribution in [-0.4, -0.2) is 57.8 Å². The molecule has 0 heterocycles. The minimum atomic E-state index is 0. The minimum absolute atomic E-state index is 0. The Bertz CT molecular complexity index is 577. The van der Waals surface area contributed by atoms with E-state index in [9.17, 15) is 0 Å². The molecule has 0 atom stereocenters. The van der Waals surface area contributed by atoms with E-state index in [1.807, 2.05) is 18.2 Å². The van der Waals surface area contributed by atoms with Gasteiger partial charge in [0.25, 0.3) is 0 Å². The lowest BCUT2D eigenvalue weighted by Crippen LogP contribution is -2.42. The first-order valence-electron chi connectivity index (χ1n) is 9.61. The van der Waals surface area contributed by atoms with Crippen molar-refractivity contribution in [1.29, 1.82) is 0 Å². The molecule has 7 heteroatoms. The van der Waals surface area contributed by atoms with Gasteiger partial charge < -0.3 is 25.0 Å². The summed E-state index contributed by atoms with van der Waals surface area (Å²) >= 11 is 0. The summed E-state index contributed by atoms with van der Waals surface area (Å²) in [5, 5.41) is 6.75. The molecule has 0 radical (unpaired) electrons. The number of nitrogens with one attached hydrogen (secondary N) is 2. The highest BCUT2D eigenvalue weighted by atomic mass is 127. The van der Waals surface area contributed by atoms with Crippen molar-refractivity contribution >= 4 is 29.9 Å². The predicted molar refractivity (Wildman–Crippen MR) is 123 cm³/mol. The maximum atomic E-state index is 5.36. The molecule has 6 nitrogen and oxygen atoms in total. The van der Waals surface area contributed by atoms with Crippen molar-refractivity contribution in [3.63, 3.8) is 0 Å². The lowest BCUT2D eigenvalue weighted by molar-refractivity contribution is 0.249. The number of methoxy groups -OCH3 is 2. The van der Waals surface area contributed by atoms with Crippen LogP contribution in [0.5, 0.6) is 11.5 Å². The number of rotatable bonds is 9. The molecule has 0 aliphatic heterocycles. The fraction of sp³-hybridized carbons (Fsp3) is 0.650. The van der Waals surface area contributed by atoms with Gasteiger partial charge in [-0.05, 0) is 44.5 Å². The molecule has 1 aliphatic rings. The van der Waals surface area contributed by atoms with Crippen LogP contribution >= 0.6 is 24.0 Å². The number of aliphatic imine (C=N–C) groups is 1. The lowest BCUT2D eigenvalue weighted by Gasteiger charge is -2.24. The molecule has 0 saturated heterocycles. The number of benzene rings is 1. The molecular weight excluding hydrogens is 455 g/mol. The van der Waals surface area contributed by atoms with Crippen LogP contribution in [-0.2, 0) is 6.54 Å². The molecule has 0 amide bonds. The first-order valence-corrected chi connectivity index (χ1v) is 9.61. The maximum Gasteiger partial charge on any atom is 0.191 e. The fourth-order valence-electron chi connectivity index (χ4n) is 3.37. The highest BCUT2D eigenvalue weighted by Crippen LogP contribution is 2.27. The lowest BCUT2D eigenvalue weighted by atomic mass is 10.2. The summed E-state index contributed by atoms with van der Waals surface area (Å²) in [6, 6.07) is 6.66. The summed E-state index contributed by atoms with van der Waals surface area (Å²) in [6.45, 7) is 5.44. The molecule has 0 spiro atoms. The van der Waals surface area contributed by atoms with Crippen molar-refractivity contribution in [2.24, 2.45) is 4.99 Å². The van der Waals surface area contributed by atoms with E-state index < -0.39 is 0 Å². The third kappa shape index (κ3) is 7.73. The zero-order valence-corrected chi connectivity index (χ0v) is 19.4. The van der Waals surface area contributed by atoms with Gasteiger partial charge in [-0.15, -0.1) is 24.0 Å². The first-order chi connectivity index (χ1) is 12.7.